The first kappa shape index (κ1) is 17.3. The summed E-state index contributed by atoms with van der Waals surface area (Å²) >= 11 is 0. The molecule has 0 heterocycles. The third-order valence-electron chi connectivity index (χ3n) is 3.07. The number of aliphatic carboxylic acids is 1. The molecule has 0 saturated heterocycles. The molecule has 2 aromatic carbocycles. The van der Waals surface area contributed by atoms with Gasteiger partial charge in [0, 0.05) is 5.69 Å². The number of carboxylic acid groups (broad SMARTS) is 1. The third-order valence-corrected chi connectivity index (χ3v) is 3.07. The van der Waals surface area contributed by atoms with Gasteiger partial charge < -0.3 is 15.7 Å². The summed E-state index contributed by atoms with van der Waals surface area (Å²) in [6.45, 7) is -0.520. The molecule has 2 rings (SSSR count). The van der Waals surface area contributed by atoms with E-state index in [1.54, 1.807) is 18.2 Å². The first-order valence-corrected chi connectivity index (χ1v) is 6.80. The van der Waals surface area contributed by atoms with Crippen LogP contribution in [0.4, 0.5) is 23.7 Å². The maximum absolute atomic E-state index is 12.7. The molecule has 0 atom stereocenters. The van der Waals surface area contributed by atoms with Crippen LogP contribution in [0.2, 0.25) is 0 Å². The largest absolute Gasteiger partial charge is 0.480 e. The van der Waals surface area contributed by atoms with E-state index in [9.17, 15) is 22.8 Å². The van der Waals surface area contributed by atoms with Crippen molar-refractivity contribution < 1.29 is 27.9 Å². The summed E-state index contributed by atoms with van der Waals surface area (Å²) in [4.78, 5) is 21.7. The topological polar surface area (TPSA) is 78.4 Å². The van der Waals surface area contributed by atoms with E-state index in [-0.39, 0.29) is 0 Å². The molecular weight excluding hydrogens is 325 g/mol. The van der Waals surface area contributed by atoms with Crippen LogP contribution in [0.5, 0.6) is 0 Å². The fourth-order valence-corrected chi connectivity index (χ4v) is 1.95. The summed E-state index contributed by atoms with van der Waals surface area (Å²) in [5, 5.41) is 13.0. The van der Waals surface area contributed by atoms with Crippen LogP contribution in [-0.2, 0) is 11.0 Å². The Labute approximate surface area is 135 Å². The lowest BCUT2D eigenvalue weighted by molar-refractivity contribution is -0.137. The van der Waals surface area contributed by atoms with E-state index in [1.807, 2.05) is 0 Å². The first-order chi connectivity index (χ1) is 11.3. The van der Waals surface area contributed by atoms with Gasteiger partial charge in [-0.05, 0) is 35.4 Å². The molecule has 126 valence electrons. The molecule has 3 N–H and O–H groups in total. The summed E-state index contributed by atoms with van der Waals surface area (Å²) in [6, 6.07) is 10.4. The number of rotatable bonds is 4. The van der Waals surface area contributed by atoms with Crippen LogP contribution in [0, 0.1) is 0 Å². The Kier molecular flexibility index (Phi) is 5.08. The van der Waals surface area contributed by atoms with Gasteiger partial charge in [-0.3, -0.25) is 4.79 Å². The molecule has 0 bridgehead atoms. The number of hydrogen-bond acceptors (Lipinski definition) is 2. The fourth-order valence-electron chi connectivity index (χ4n) is 1.95. The van der Waals surface area contributed by atoms with E-state index >= 15 is 0 Å². The van der Waals surface area contributed by atoms with Crippen molar-refractivity contribution in [3.63, 3.8) is 0 Å². The van der Waals surface area contributed by atoms with E-state index in [0.717, 1.165) is 12.1 Å². The van der Waals surface area contributed by atoms with Crippen LogP contribution in [-0.4, -0.2) is 23.7 Å². The highest BCUT2D eigenvalue weighted by molar-refractivity contribution is 5.91. The van der Waals surface area contributed by atoms with E-state index in [0.29, 0.717) is 16.8 Å². The zero-order valence-electron chi connectivity index (χ0n) is 12.2. The molecule has 0 spiro atoms. The molecule has 5 nitrogen and oxygen atoms in total. The lowest BCUT2D eigenvalue weighted by Crippen LogP contribution is -2.33. The number of urea groups is 1. The quantitative estimate of drug-likeness (QED) is 0.797. The monoisotopic (exact) mass is 338 g/mol. The molecule has 0 aliphatic carbocycles. The molecule has 0 radical (unpaired) electrons. The second-order valence-corrected chi connectivity index (χ2v) is 4.86. The number of benzene rings is 2. The molecule has 0 saturated carbocycles. The average Bonchev–Trinajstić information content (AvgIpc) is 2.53. The molecule has 0 aliphatic heterocycles. The smallest absolute Gasteiger partial charge is 0.416 e. The van der Waals surface area contributed by atoms with Gasteiger partial charge >= 0.3 is 18.2 Å². The number of carboxylic acids is 1. The van der Waals surface area contributed by atoms with Crippen LogP contribution < -0.4 is 10.6 Å². The minimum atomic E-state index is -4.42. The van der Waals surface area contributed by atoms with Gasteiger partial charge in [0.25, 0.3) is 0 Å². The molecule has 0 fully saturated rings. The minimum Gasteiger partial charge on any atom is -0.480 e. The van der Waals surface area contributed by atoms with Crippen LogP contribution >= 0.6 is 0 Å². The Bertz CT molecular complexity index is 743. The Hall–Kier alpha value is -3.03. The number of carbonyl (C=O) groups excluding carboxylic acids is 1. The predicted molar refractivity (Wildman–Crippen MR) is 81.5 cm³/mol. The minimum absolute atomic E-state index is 0.383. The third kappa shape index (κ3) is 4.73. The summed E-state index contributed by atoms with van der Waals surface area (Å²) in [7, 11) is 0. The van der Waals surface area contributed by atoms with Gasteiger partial charge in [0.1, 0.15) is 6.54 Å². The summed E-state index contributed by atoms with van der Waals surface area (Å²) in [5.74, 6) is -1.18. The number of nitrogens with one attached hydrogen (secondary N) is 2. The SMILES string of the molecule is O=C(O)CNC(=O)Nc1ccc(-c2cccc(C(F)(F)F)c2)cc1. The fraction of sp³-hybridized carbons (Fsp3) is 0.125. The zero-order chi connectivity index (χ0) is 17.7. The van der Waals surface area contributed by atoms with Crippen molar-refractivity contribution in [2.75, 3.05) is 11.9 Å². The highest BCUT2D eigenvalue weighted by Gasteiger charge is 2.30. The Morgan fingerprint density at radius 2 is 1.67 bits per heavy atom. The lowest BCUT2D eigenvalue weighted by atomic mass is 10.0. The van der Waals surface area contributed by atoms with E-state index in [2.05, 4.69) is 10.6 Å². The normalized spacial score (nSPS) is 11.0. The standard InChI is InChI=1S/C16H13F3N2O3/c17-16(18,19)12-3-1-2-11(8-12)10-4-6-13(7-5-10)21-15(24)20-9-14(22)23/h1-8H,9H2,(H,22,23)(H2,20,21,24). The number of anilines is 1. The molecule has 0 unspecified atom stereocenters. The highest BCUT2D eigenvalue weighted by atomic mass is 19.4. The maximum Gasteiger partial charge on any atom is 0.416 e. The Balaban J connectivity index is 2.09. The predicted octanol–water partition coefficient (Wildman–Crippen LogP) is 3.58. The molecule has 2 aromatic rings. The van der Waals surface area contributed by atoms with E-state index in [4.69, 9.17) is 5.11 Å². The van der Waals surface area contributed by atoms with Gasteiger partial charge in [-0.15, -0.1) is 0 Å². The van der Waals surface area contributed by atoms with Crippen LogP contribution in [0.15, 0.2) is 48.5 Å². The van der Waals surface area contributed by atoms with Crippen LogP contribution in [0.25, 0.3) is 11.1 Å². The van der Waals surface area contributed by atoms with Gasteiger partial charge in [-0.2, -0.15) is 13.2 Å². The second-order valence-electron chi connectivity index (χ2n) is 4.86. The van der Waals surface area contributed by atoms with Crippen LogP contribution in [0.1, 0.15) is 5.56 Å². The summed E-state index contributed by atoms with van der Waals surface area (Å²) < 4.78 is 38.2. The molecule has 0 aromatic heterocycles. The number of carbonyl (C=O) groups is 2. The first-order valence-electron chi connectivity index (χ1n) is 6.80. The number of hydrogen-bond donors (Lipinski definition) is 3. The van der Waals surface area contributed by atoms with Gasteiger partial charge in [0.2, 0.25) is 0 Å². The molecule has 2 amide bonds. The van der Waals surface area contributed by atoms with Crippen LogP contribution in [0.3, 0.4) is 0 Å². The van der Waals surface area contributed by atoms with Gasteiger partial charge in [-0.1, -0.05) is 24.3 Å². The highest BCUT2D eigenvalue weighted by Crippen LogP contribution is 2.32. The van der Waals surface area contributed by atoms with Crippen molar-refractivity contribution in [3.05, 3.63) is 54.1 Å². The zero-order valence-corrected chi connectivity index (χ0v) is 12.2. The molecule has 8 heteroatoms. The Morgan fingerprint density at radius 3 is 2.25 bits per heavy atom. The lowest BCUT2D eigenvalue weighted by Gasteiger charge is -2.10. The number of halogens is 3. The maximum atomic E-state index is 12.7. The van der Waals surface area contributed by atoms with Crippen molar-refractivity contribution in [1.29, 1.82) is 0 Å². The Morgan fingerprint density at radius 1 is 1.00 bits per heavy atom. The van der Waals surface area contributed by atoms with Crippen molar-refractivity contribution in [2.24, 2.45) is 0 Å². The van der Waals surface area contributed by atoms with E-state index in [1.165, 1.54) is 18.2 Å². The van der Waals surface area contributed by atoms with Crippen molar-refractivity contribution >= 4 is 17.7 Å². The van der Waals surface area contributed by atoms with Crippen molar-refractivity contribution in [3.8, 4) is 11.1 Å². The second kappa shape index (κ2) is 7.03. The van der Waals surface area contributed by atoms with Crippen molar-refractivity contribution in [1.82, 2.24) is 5.32 Å². The average molecular weight is 338 g/mol. The van der Waals surface area contributed by atoms with Gasteiger partial charge in [0.15, 0.2) is 0 Å². The summed E-state index contributed by atoms with van der Waals surface area (Å²) in [5.41, 5.74) is 0.591. The molecule has 24 heavy (non-hydrogen) atoms. The summed E-state index contributed by atoms with van der Waals surface area (Å²) in [6.07, 6.45) is -4.42. The molecule has 0 aliphatic rings. The van der Waals surface area contributed by atoms with E-state index < -0.39 is 30.3 Å². The van der Waals surface area contributed by atoms with Crippen molar-refractivity contribution in [2.45, 2.75) is 6.18 Å². The molecular formula is C16H13F3N2O3. The number of alkyl halides is 3. The van der Waals surface area contributed by atoms with Gasteiger partial charge in [0.05, 0.1) is 5.56 Å². The van der Waals surface area contributed by atoms with Gasteiger partial charge in [-0.25, -0.2) is 4.79 Å². The number of amides is 2.